The van der Waals surface area contributed by atoms with Gasteiger partial charge >= 0.3 is 0 Å². The Hall–Kier alpha value is -0.640. The third-order valence-electron chi connectivity index (χ3n) is 1.03. The second-order valence-corrected chi connectivity index (χ2v) is 2.15. The van der Waals surface area contributed by atoms with Gasteiger partial charge in [-0.3, -0.25) is 4.98 Å². The maximum Gasteiger partial charge on any atom is 0.197 e. The van der Waals surface area contributed by atoms with Crippen molar-refractivity contribution in [2.24, 2.45) is 0 Å². The molecule has 4 heteroatoms. The van der Waals surface area contributed by atoms with Crippen molar-refractivity contribution in [2.45, 2.75) is 6.29 Å². The van der Waals surface area contributed by atoms with E-state index >= 15 is 0 Å². The molecule has 0 unspecified atom stereocenters. The molecule has 0 bridgehead atoms. The van der Waals surface area contributed by atoms with Gasteiger partial charge in [-0.05, 0) is 12.1 Å². The summed E-state index contributed by atoms with van der Waals surface area (Å²) in [6, 6.07) is 3.16. The van der Waals surface area contributed by atoms with Crippen molar-refractivity contribution in [3.63, 3.8) is 0 Å². The lowest BCUT2D eigenvalue weighted by molar-refractivity contribution is -0.0457. The predicted octanol–water partition coefficient (Wildman–Crippen LogP) is 0.718. The standard InChI is InChI=1S/C6H6ClNO2/c7-4-2-1-3-8-5(4)6(9)10/h1-3,6,9-10H. The van der Waals surface area contributed by atoms with Crippen LogP contribution in [0.25, 0.3) is 0 Å². The first-order valence-electron chi connectivity index (χ1n) is 2.68. The molecule has 0 atom stereocenters. The smallest absolute Gasteiger partial charge is 0.197 e. The summed E-state index contributed by atoms with van der Waals surface area (Å²) >= 11 is 5.54. The molecule has 2 N–H and O–H groups in total. The van der Waals surface area contributed by atoms with E-state index in [1.165, 1.54) is 6.20 Å². The zero-order valence-electron chi connectivity index (χ0n) is 5.03. The first-order valence-corrected chi connectivity index (χ1v) is 3.06. The van der Waals surface area contributed by atoms with Gasteiger partial charge in [-0.2, -0.15) is 0 Å². The normalized spacial score (nSPS) is 10.4. The molecule has 1 aromatic heterocycles. The minimum absolute atomic E-state index is 0.0872. The number of hydrogen-bond donors (Lipinski definition) is 2. The molecule has 1 rings (SSSR count). The highest BCUT2D eigenvalue weighted by atomic mass is 35.5. The third kappa shape index (κ3) is 1.44. The van der Waals surface area contributed by atoms with E-state index in [1.54, 1.807) is 12.1 Å². The van der Waals surface area contributed by atoms with Crippen LogP contribution in [0.5, 0.6) is 0 Å². The molecule has 0 aliphatic rings. The minimum Gasteiger partial charge on any atom is -0.363 e. The van der Waals surface area contributed by atoms with Gasteiger partial charge in [0.05, 0.1) is 5.02 Å². The van der Waals surface area contributed by atoms with Crippen LogP contribution < -0.4 is 0 Å². The van der Waals surface area contributed by atoms with Gasteiger partial charge in [-0.25, -0.2) is 0 Å². The van der Waals surface area contributed by atoms with E-state index in [-0.39, 0.29) is 10.7 Å². The summed E-state index contributed by atoms with van der Waals surface area (Å²) in [5.41, 5.74) is 0.0872. The highest BCUT2D eigenvalue weighted by Crippen LogP contribution is 2.17. The molecule has 0 amide bonds. The van der Waals surface area contributed by atoms with Crippen LogP contribution in [0.4, 0.5) is 0 Å². The van der Waals surface area contributed by atoms with Gasteiger partial charge < -0.3 is 10.2 Å². The van der Waals surface area contributed by atoms with Crippen LogP contribution in [0.15, 0.2) is 18.3 Å². The molecule has 0 spiro atoms. The van der Waals surface area contributed by atoms with Crippen molar-refractivity contribution in [1.82, 2.24) is 4.98 Å². The zero-order chi connectivity index (χ0) is 7.56. The molecule has 0 aliphatic carbocycles. The molecule has 0 aliphatic heterocycles. The lowest BCUT2D eigenvalue weighted by Gasteiger charge is -2.02. The summed E-state index contributed by atoms with van der Waals surface area (Å²) in [5.74, 6) is 0. The average molecular weight is 160 g/mol. The fourth-order valence-corrected chi connectivity index (χ4v) is 0.807. The Morgan fingerprint density at radius 2 is 2.20 bits per heavy atom. The monoisotopic (exact) mass is 159 g/mol. The van der Waals surface area contributed by atoms with Crippen molar-refractivity contribution < 1.29 is 10.2 Å². The van der Waals surface area contributed by atoms with Crippen LogP contribution in [-0.2, 0) is 0 Å². The molecule has 1 aromatic rings. The molecule has 54 valence electrons. The van der Waals surface area contributed by atoms with Gasteiger partial charge in [0.15, 0.2) is 6.29 Å². The second kappa shape index (κ2) is 2.96. The number of aliphatic hydroxyl groups is 2. The van der Waals surface area contributed by atoms with Crippen molar-refractivity contribution >= 4 is 11.6 Å². The van der Waals surface area contributed by atoms with E-state index in [0.717, 1.165) is 0 Å². The Bertz CT molecular complexity index is 227. The summed E-state index contributed by atoms with van der Waals surface area (Å²) in [7, 11) is 0. The van der Waals surface area contributed by atoms with Gasteiger partial charge in [0.25, 0.3) is 0 Å². The van der Waals surface area contributed by atoms with Crippen LogP contribution in [0.3, 0.4) is 0 Å². The van der Waals surface area contributed by atoms with Crippen molar-refractivity contribution in [3.05, 3.63) is 29.0 Å². The molecule has 10 heavy (non-hydrogen) atoms. The van der Waals surface area contributed by atoms with E-state index in [2.05, 4.69) is 4.98 Å². The van der Waals surface area contributed by atoms with Gasteiger partial charge in [0.2, 0.25) is 0 Å². The van der Waals surface area contributed by atoms with E-state index in [1.807, 2.05) is 0 Å². The fourth-order valence-electron chi connectivity index (χ4n) is 0.588. The molecular weight excluding hydrogens is 154 g/mol. The summed E-state index contributed by atoms with van der Waals surface area (Å²) in [5, 5.41) is 17.5. The minimum atomic E-state index is -1.59. The Labute approximate surface area is 62.9 Å². The second-order valence-electron chi connectivity index (χ2n) is 1.74. The molecule has 0 saturated carbocycles. The van der Waals surface area contributed by atoms with Gasteiger partial charge in [-0.1, -0.05) is 11.6 Å². The molecule has 1 heterocycles. The maximum atomic E-state index is 8.61. The summed E-state index contributed by atoms with van der Waals surface area (Å²) < 4.78 is 0. The highest BCUT2D eigenvalue weighted by molar-refractivity contribution is 6.31. The Kier molecular flexibility index (Phi) is 2.21. The van der Waals surface area contributed by atoms with E-state index in [9.17, 15) is 0 Å². The van der Waals surface area contributed by atoms with Crippen LogP contribution in [0.1, 0.15) is 12.0 Å². The SMILES string of the molecule is OC(O)c1ncccc1Cl. The number of aliphatic hydroxyl groups excluding tert-OH is 1. The third-order valence-corrected chi connectivity index (χ3v) is 1.35. The Morgan fingerprint density at radius 1 is 1.50 bits per heavy atom. The predicted molar refractivity (Wildman–Crippen MR) is 36.4 cm³/mol. The van der Waals surface area contributed by atoms with Crippen LogP contribution >= 0.6 is 11.6 Å². The lowest BCUT2D eigenvalue weighted by Crippen LogP contribution is -1.98. The topological polar surface area (TPSA) is 53.4 Å². The fraction of sp³-hybridized carbons (Fsp3) is 0.167. The molecular formula is C6H6ClNO2. The summed E-state index contributed by atoms with van der Waals surface area (Å²) in [6.45, 7) is 0. The first kappa shape index (κ1) is 7.47. The summed E-state index contributed by atoms with van der Waals surface area (Å²) in [6.07, 6.45) is -0.144. The largest absolute Gasteiger partial charge is 0.363 e. The average Bonchev–Trinajstić information content (AvgIpc) is 1.88. The Balaban J connectivity index is 3.03. The molecule has 0 saturated heterocycles. The van der Waals surface area contributed by atoms with E-state index < -0.39 is 6.29 Å². The van der Waals surface area contributed by atoms with E-state index in [0.29, 0.717) is 0 Å². The van der Waals surface area contributed by atoms with Gasteiger partial charge in [-0.15, -0.1) is 0 Å². The number of aromatic nitrogens is 1. The number of hydrogen-bond acceptors (Lipinski definition) is 3. The van der Waals surface area contributed by atoms with Crippen LogP contribution in [-0.4, -0.2) is 15.2 Å². The van der Waals surface area contributed by atoms with Crippen LogP contribution in [0.2, 0.25) is 5.02 Å². The number of halogens is 1. The zero-order valence-corrected chi connectivity index (χ0v) is 5.78. The van der Waals surface area contributed by atoms with Crippen LogP contribution in [0, 0.1) is 0 Å². The summed E-state index contributed by atoms with van der Waals surface area (Å²) in [4.78, 5) is 3.65. The maximum absolute atomic E-state index is 8.61. The number of rotatable bonds is 1. The quantitative estimate of drug-likeness (QED) is 0.594. The van der Waals surface area contributed by atoms with Gasteiger partial charge in [0.1, 0.15) is 5.69 Å². The molecule has 0 radical (unpaired) electrons. The molecule has 3 nitrogen and oxygen atoms in total. The van der Waals surface area contributed by atoms with Gasteiger partial charge in [0, 0.05) is 6.20 Å². The molecule has 0 fully saturated rings. The van der Waals surface area contributed by atoms with Crippen molar-refractivity contribution in [3.8, 4) is 0 Å². The lowest BCUT2D eigenvalue weighted by atomic mass is 10.3. The first-order chi connectivity index (χ1) is 4.72. The van der Waals surface area contributed by atoms with Crippen molar-refractivity contribution in [2.75, 3.05) is 0 Å². The highest BCUT2D eigenvalue weighted by Gasteiger charge is 2.06. The Morgan fingerprint density at radius 3 is 2.60 bits per heavy atom. The molecule has 0 aromatic carbocycles. The van der Waals surface area contributed by atoms with E-state index in [4.69, 9.17) is 21.8 Å². The number of nitrogens with zero attached hydrogens (tertiary/aromatic N) is 1. The van der Waals surface area contributed by atoms with Crippen molar-refractivity contribution in [1.29, 1.82) is 0 Å². The number of pyridine rings is 1.